The number of benzene rings is 2. The van der Waals surface area contributed by atoms with Crippen molar-refractivity contribution in [1.29, 1.82) is 0 Å². The zero-order valence-electron chi connectivity index (χ0n) is 16.3. The van der Waals surface area contributed by atoms with E-state index in [2.05, 4.69) is 34.6 Å². The van der Waals surface area contributed by atoms with Crippen molar-refractivity contribution < 1.29 is 9.90 Å². The minimum absolute atomic E-state index is 0.158. The van der Waals surface area contributed by atoms with Crippen molar-refractivity contribution in [3.8, 4) is 0 Å². The highest BCUT2D eigenvalue weighted by Crippen LogP contribution is 2.41. The van der Waals surface area contributed by atoms with Crippen molar-refractivity contribution in [3.63, 3.8) is 0 Å². The summed E-state index contributed by atoms with van der Waals surface area (Å²) in [5.74, 6) is -1.04. The fraction of sp³-hybridized carbons (Fsp3) is 0.348. The summed E-state index contributed by atoms with van der Waals surface area (Å²) in [7, 11) is 0. The second-order valence-corrected chi connectivity index (χ2v) is 8.61. The van der Waals surface area contributed by atoms with E-state index in [-0.39, 0.29) is 22.9 Å². The molecular formula is C23H22ClN3O3. The third-order valence-corrected chi connectivity index (χ3v) is 6.61. The van der Waals surface area contributed by atoms with Crippen molar-refractivity contribution in [3.05, 3.63) is 69.2 Å². The number of fused-ring (bicyclic) bond motifs is 2. The number of aromatic nitrogens is 2. The number of nitrogens with one attached hydrogen (secondary N) is 1. The summed E-state index contributed by atoms with van der Waals surface area (Å²) in [6, 6.07) is 13.6. The van der Waals surface area contributed by atoms with E-state index in [1.54, 1.807) is 0 Å². The van der Waals surface area contributed by atoms with Gasteiger partial charge in [0.25, 0.3) is 5.56 Å². The first-order valence-corrected chi connectivity index (χ1v) is 10.7. The number of halogens is 1. The summed E-state index contributed by atoms with van der Waals surface area (Å²) in [5, 5.41) is 15.4. The number of rotatable bonds is 5. The number of nitrogens with zero attached hydrogens (tertiary/aromatic N) is 2. The molecule has 0 unspecified atom stereocenters. The molecule has 0 bridgehead atoms. The molecule has 1 fully saturated rings. The molecule has 154 valence electrons. The number of hydrogen-bond acceptors (Lipinski definition) is 4. The molecule has 1 saturated carbocycles. The second-order valence-electron chi connectivity index (χ2n) is 8.26. The van der Waals surface area contributed by atoms with E-state index in [0.29, 0.717) is 18.5 Å². The molecule has 5 rings (SSSR count). The van der Waals surface area contributed by atoms with Gasteiger partial charge in [-0.15, -0.1) is 0 Å². The standard InChI is InChI=1S/C23H22ClN3O3/c24-20-19-16(11-13-8-9-14-4-1-2-5-15(14)10-13)12-18(23(29)30)27(19)22(28)21(26-20)25-17-6-3-7-17/h1-2,4-5,8-10,16-18H,3,6-7,11-12H2,(H,25,26)(H,29,30)/t16-,18+/m1/s1. The molecule has 0 amide bonds. The maximum absolute atomic E-state index is 13.1. The van der Waals surface area contributed by atoms with Crippen LogP contribution in [0.2, 0.25) is 5.15 Å². The zero-order valence-corrected chi connectivity index (χ0v) is 17.1. The molecule has 0 radical (unpaired) electrons. The number of hydrogen-bond donors (Lipinski definition) is 2. The van der Waals surface area contributed by atoms with Crippen LogP contribution in [0.25, 0.3) is 10.8 Å². The highest BCUT2D eigenvalue weighted by Gasteiger charge is 2.39. The molecule has 6 nitrogen and oxygen atoms in total. The lowest BCUT2D eigenvalue weighted by molar-refractivity contribution is -0.140. The zero-order chi connectivity index (χ0) is 20.8. The third-order valence-electron chi connectivity index (χ3n) is 6.34. The fourth-order valence-electron chi connectivity index (χ4n) is 4.57. The molecule has 2 aromatic carbocycles. The molecule has 1 aromatic heterocycles. The summed E-state index contributed by atoms with van der Waals surface area (Å²) >= 11 is 6.51. The Hall–Kier alpha value is -2.86. The van der Waals surface area contributed by atoms with Crippen molar-refractivity contribution >= 4 is 34.2 Å². The Labute approximate surface area is 178 Å². The van der Waals surface area contributed by atoms with Gasteiger partial charge in [0.1, 0.15) is 6.04 Å². The predicted molar refractivity (Wildman–Crippen MR) is 116 cm³/mol. The first-order chi connectivity index (χ1) is 14.5. The van der Waals surface area contributed by atoms with E-state index in [0.717, 1.165) is 35.6 Å². The van der Waals surface area contributed by atoms with Gasteiger partial charge in [0, 0.05) is 12.0 Å². The Morgan fingerprint density at radius 2 is 1.97 bits per heavy atom. The van der Waals surface area contributed by atoms with Gasteiger partial charge in [0.15, 0.2) is 11.0 Å². The Morgan fingerprint density at radius 1 is 1.20 bits per heavy atom. The van der Waals surface area contributed by atoms with Gasteiger partial charge < -0.3 is 10.4 Å². The number of carboxylic acids is 1. The second kappa shape index (κ2) is 7.43. The van der Waals surface area contributed by atoms with Crippen molar-refractivity contribution in [2.24, 2.45) is 0 Å². The molecule has 2 heterocycles. The molecule has 1 aliphatic carbocycles. The van der Waals surface area contributed by atoms with E-state index >= 15 is 0 Å². The molecule has 1 aliphatic heterocycles. The van der Waals surface area contributed by atoms with Crippen LogP contribution < -0.4 is 10.9 Å². The third kappa shape index (κ3) is 3.25. The van der Waals surface area contributed by atoms with Crippen LogP contribution in [0.3, 0.4) is 0 Å². The average Bonchev–Trinajstić information content (AvgIpc) is 3.08. The van der Waals surface area contributed by atoms with Crippen molar-refractivity contribution in [1.82, 2.24) is 9.55 Å². The topological polar surface area (TPSA) is 84.2 Å². The van der Waals surface area contributed by atoms with E-state index in [1.165, 1.54) is 4.57 Å². The number of carboxylic acid groups (broad SMARTS) is 1. The minimum Gasteiger partial charge on any atom is -0.480 e. The molecule has 30 heavy (non-hydrogen) atoms. The Morgan fingerprint density at radius 3 is 2.67 bits per heavy atom. The van der Waals surface area contributed by atoms with Gasteiger partial charge in [-0.25, -0.2) is 9.78 Å². The first kappa shape index (κ1) is 19.1. The van der Waals surface area contributed by atoms with Crippen LogP contribution in [-0.2, 0) is 11.2 Å². The van der Waals surface area contributed by atoms with Crippen LogP contribution in [0.15, 0.2) is 47.3 Å². The maximum Gasteiger partial charge on any atom is 0.326 e. The van der Waals surface area contributed by atoms with Gasteiger partial charge in [0.2, 0.25) is 0 Å². The van der Waals surface area contributed by atoms with Gasteiger partial charge in [-0.2, -0.15) is 0 Å². The molecular weight excluding hydrogens is 402 g/mol. The van der Waals surface area contributed by atoms with E-state index in [1.807, 2.05) is 18.2 Å². The summed E-state index contributed by atoms with van der Waals surface area (Å²) in [6.07, 6.45) is 4.00. The quantitative estimate of drug-likeness (QED) is 0.636. The molecule has 3 aromatic rings. The average molecular weight is 424 g/mol. The van der Waals surface area contributed by atoms with Crippen molar-refractivity contribution in [2.45, 2.75) is 50.1 Å². The Kier molecular flexibility index (Phi) is 4.74. The highest BCUT2D eigenvalue weighted by molar-refractivity contribution is 6.30. The lowest BCUT2D eigenvalue weighted by atomic mass is 9.92. The fourth-order valence-corrected chi connectivity index (χ4v) is 4.90. The van der Waals surface area contributed by atoms with Crippen LogP contribution in [0, 0.1) is 0 Å². The van der Waals surface area contributed by atoms with Crippen LogP contribution in [0.4, 0.5) is 5.82 Å². The largest absolute Gasteiger partial charge is 0.480 e. The summed E-state index contributed by atoms with van der Waals surface area (Å²) in [4.78, 5) is 29.4. The van der Waals surface area contributed by atoms with E-state index in [9.17, 15) is 14.7 Å². The lowest BCUT2D eigenvalue weighted by Crippen LogP contribution is -2.35. The van der Waals surface area contributed by atoms with E-state index < -0.39 is 17.6 Å². The summed E-state index contributed by atoms with van der Waals surface area (Å²) in [6.45, 7) is 0. The Bertz CT molecular complexity index is 1200. The molecule has 2 atom stereocenters. The molecule has 2 aliphatic rings. The van der Waals surface area contributed by atoms with Gasteiger partial charge in [-0.3, -0.25) is 9.36 Å². The normalized spacial score (nSPS) is 20.7. The number of carbonyl (C=O) groups is 1. The Balaban J connectivity index is 1.53. The predicted octanol–water partition coefficient (Wildman–Crippen LogP) is 4.37. The lowest BCUT2D eigenvalue weighted by Gasteiger charge is -2.27. The monoisotopic (exact) mass is 423 g/mol. The van der Waals surface area contributed by atoms with Crippen molar-refractivity contribution in [2.75, 3.05) is 5.32 Å². The van der Waals surface area contributed by atoms with Crippen LogP contribution >= 0.6 is 11.6 Å². The minimum atomic E-state index is -1.02. The molecule has 0 spiro atoms. The van der Waals surface area contributed by atoms with Gasteiger partial charge in [-0.1, -0.05) is 54.1 Å². The van der Waals surface area contributed by atoms with Gasteiger partial charge in [0.05, 0.1) is 5.69 Å². The molecule has 0 saturated heterocycles. The first-order valence-electron chi connectivity index (χ1n) is 10.3. The highest BCUT2D eigenvalue weighted by atomic mass is 35.5. The molecule has 2 N–H and O–H groups in total. The smallest absolute Gasteiger partial charge is 0.326 e. The number of anilines is 1. The van der Waals surface area contributed by atoms with E-state index in [4.69, 9.17) is 11.6 Å². The van der Waals surface area contributed by atoms with Crippen LogP contribution in [0.1, 0.15) is 48.9 Å². The summed E-state index contributed by atoms with van der Waals surface area (Å²) in [5.41, 5.74) is 1.22. The van der Waals surface area contributed by atoms with Gasteiger partial charge in [-0.05, 0) is 48.4 Å². The SMILES string of the molecule is O=C(O)[C@@H]1C[C@@H](Cc2ccc3ccccc3c2)c2c(Cl)nc(NC3CCC3)c(=O)n21. The molecule has 7 heteroatoms. The number of aliphatic carboxylic acids is 1. The van der Waals surface area contributed by atoms with Crippen LogP contribution in [0.5, 0.6) is 0 Å². The van der Waals surface area contributed by atoms with Crippen LogP contribution in [-0.4, -0.2) is 26.7 Å². The summed E-state index contributed by atoms with van der Waals surface area (Å²) < 4.78 is 1.35. The maximum atomic E-state index is 13.1. The van der Waals surface area contributed by atoms with Gasteiger partial charge >= 0.3 is 5.97 Å².